The molecule has 1 aromatic rings. The lowest BCUT2D eigenvalue weighted by molar-refractivity contribution is 0.390. The number of hydrogen-bond acceptors (Lipinski definition) is 4. The highest BCUT2D eigenvalue weighted by Crippen LogP contribution is 2.16. The first-order valence-electron chi connectivity index (χ1n) is 9.62. The van der Waals surface area contributed by atoms with E-state index in [2.05, 4.69) is 60.4 Å². The molecule has 1 heterocycles. The van der Waals surface area contributed by atoms with Gasteiger partial charge in [-0.2, -0.15) is 0 Å². The summed E-state index contributed by atoms with van der Waals surface area (Å²) in [5.74, 6) is 0.931. The second-order valence-corrected chi connectivity index (χ2v) is 8.05. The highest BCUT2D eigenvalue weighted by Gasteiger charge is 2.04. The first-order chi connectivity index (χ1) is 12.0. The van der Waals surface area contributed by atoms with E-state index in [0.717, 1.165) is 37.7 Å². The molecule has 2 N–H and O–H groups in total. The van der Waals surface area contributed by atoms with Crippen molar-refractivity contribution in [3.8, 4) is 0 Å². The van der Waals surface area contributed by atoms with Crippen LogP contribution in [0.3, 0.4) is 0 Å². The molecule has 0 bridgehead atoms. The van der Waals surface area contributed by atoms with Crippen molar-refractivity contribution >= 4 is 41.3 Å². The zero-order chi connectivity index (χ0) is 18.5. The van der Waals surface area contributed by atoms with Crippen molar-refractivity contribution in [3.05, 3.63) is 15.6 Å². The SMILES string of the molecule is CCNC(=NCCCCCCCN(C)C)NCCc1nc(C)c(C)s1.I. The molecule has 7 heteroatoms. The largest absolute Gasteiger partial charge is 0.357 e. The number of hydrogen-bond donors (Lipinski definition) is 2. The summed E-state index contributed by atoms with van der Waals surface area (Å²) in [5.41, 5.74) is 1.16. The maximum Gasteiger partial charge on any atom is 0.191 e. The Morgan fingerprint density at radius 3 is 2.38 bits per heavy atom. The monoisotopic (exact) mass is 495 g/mol. The molecular formula is C19H38IN5S. The maximum absolute atomic E-state index is 4.68. The molecule has 1 aromatic heterocycles. The van der Waals surface area contributed by atoms with Gasteiger partial charge < -0.3 is 15.5 Å². The summed E-state index contributed by atoms with van der Waals surface area (Å²) in [6.45, 7) is 10.2. The molecule has 152 valence electrons. The second kappa shape index (κ2) is 15.6. The van der Waals surface area contributed by atoms with E-state index in [-0.39, 0.29) is 24.0 Å². The van der Waals surface area contributed by atoms with Gasteiger partial charge in [0.05, 0.1) is 10.7 Å². The zero-order valence-electron chi connectivity index (χ0n) is 17.2. The summed E-state index contributed by atoms with van der Waals surface area (Å²) in [6, 6.07) is 0. The minimum absolute atomic E-state index is 0. The maximum atomic E-state index is 4.68. The lowest BCUT2D eigenvalue weighted by Gasteiger charge is -2.10. The third-order valence-electron chi connectivity index (χ3n) is 4.08. The van der Waals surface area contributed by atoms with Crippen LogP contribution in [0.2, 0.25) is 0 Å². The van der Waals surface area contributed by atoms with Crippen LogP contribution in [0.15, 0.2) is 4.99 Å². The molecule has 5 nitrogen and oxygen atoms in total. The highest BCUT2D eigenvalue weighted by atomic mass is 127. The molecule has 0 aliphatic heterocycles. The van der Waals surface area contributed by atoms with Crippen LogP contribution in [-0.2, 0) is 6.42 Å². The first-order valence-corrected chi connectivity index (χ1v) is 10.4. The second-order valence-electron chi connectivity index (χ2n) is 6.76. The van der Waals surface area contributed by atoms with Gasteiger partial charge in [-0.25, -0.2) is 4.98 Å². The van der Waals surface area contributed by atoms with Gasteiger partial charge in [0.1, 0.15) is 0 Å². The van der Waals surface area contributed by atoms with Crippen LogP contribution in [0.25, 0.3) is 0 Å². The number of nitrogens with one attached hydrogen (secondary N) is 2. The standard InChI is InChI=1S/C19H37N5S.HI/c1-6-20-19(21-13-10-8-7-9-11-15-24(4)5)22-14-12-18-23-16(2)17(3)25-18;/h6-15H2,1-5H3,(H2,20,21,22);1H. The van der Waals surface area contributed by atoms with Crippen LogP contribution in [0.4, 0.5) is 0 Å². The molecule has 1 rings (SSSR count). The molecule has 0 saturated heterocycles. The van der Waals surface area contributed by atoms with Gasteiger partial charge in [0.15, 0.2) is 5.96 Å². The van der Waals surface area contributed by atoms with Crippen molar-refractivity contribution in [3.63, 3.8) is 0 Å². The average Bonchev–Trinajstić information content (AvgIpc) is 2.87. The average molecular weight is 496 g/mol. The molecule has 26 heavy (non-hydrogen) atoms. The minimum Gasteiger partial charge on any atom is -0.357 e. The van der Waals surface area contributed by atoms with Crippen LogP contribution in [0.5, 0.6) is 0 Å². The number of nitrogens with zero attached hydrogens (tertiary/aromatic N) is 3. The number of rotatable bonds is 12. The Balaban J connectivity index is 0.00000625. The lowest BCUT2D eigenvalue weighted by atomic mass is 10.1. The minimum atomic E-state index is 0. The van der Waals surface area contributed by atoms with E-state index in [1.807, 2.05) is 0 Å². The fraction of sp³-hybridized carbons (Fsp3) is 0.789. The summed E-state index contributed by atoms with van der Waals surface area (Å²) < 4.78 is 0. The summed E-state index contributed by atoms with van der Waals surface area (Å²) in [4.78, 5) is 12.9. The predicted octanol–water partition coefficient (Wildman–Crippen LogP) is 3.99. The van der Waals surface area contributed by atoms with Crippen LogP contribution in [-0.4, -0.2) is 56.1 Å². The van der Waals surface area contributed by atoms with Gasteiger partial charge in [0, 0.05) is 30.9 Å². The van der Waals surface area contributed by atoms with E-state index in [1.54, 1.807) is 11.3 Å². The number of unbranched alkanes of at least 4 members (excludes halogenated alkanes) is 4. The Morgan fingerprint density at radius 2 is 1.77 bits per heavy atom. The first kappa shape index (κ1) is 25.6. The number of thiazole rings is 1. The molecule has 0 aromatic carbocycles. The number of halogens is 1. The van der Waals surface area contributed by atoms with E-state index in [0.29, 0.717) is 0 Å². The fourth-order valence-corrected chi connectivity index (χ4v) is 3.47. The normalized spacial score (nSPS) is 11.5. The number of aliphatic imine (C=N–C) groups is 1. The fourth-order valence-electron chi connectivity index (χ4n) is 2.54. The third-order valence-corrected chi connectivity index (χ3v) is 5.21. The van der Waals surface area contributed by atoms with E-state index in [1.165, 1.54) is 48.5 Å². The van der Waals surface area contributed by atoms with E-state index < -0.39 is 0 Å². The van der Waals surface area contributed by atoms with Crippen molar-refractivity contribution in [2.45, 2.75) is 59.3 Å². The van der Waals surface area contributed by atoms with Gasteiger partial charge in [0.2, 0.25) is 0 Å². The summed E-state index contributed by atoms with van der Waals surface area (Å²) in [7, 11) is 4.28. The molecule has 0 saturated carbocycles. The van der Waals surface area contributed by atoms with Crippen molar-refractivity contribution in [2.75, 3.05) is 40.3 Å². The van der Waals surface area contributed by atoms with Gasteiger partial charge in [-0.15, -0.1) is 35.3 Å². The van der Waals surface area contributed by atoms with Gasteiger partial charge in [-0.05, 0) is 54.3 Å². The topological polar surface area (TPSA) is 52.6 Å². The number of guanidine groups is 1. The predicted molar refractivity (Wildman–Crippen MR) is 126 cm³/mol. The highest BCUT2D eigenvalue weighted by molar-refractivity contribution is 14.0. The van der Waals surface area contributed by atoms with E-state index >= 15 is 0 Å². The molecule has 0 fully saturated rings. The molecule has 0 radical (unpaired) electrons. The van der Waals surface area contributed by atoms with Crippen LogP contribution in [0.1, 0.15) is 54.6 Å². The van der Waals surface area contributed by atoms with Crippen molar-refractivity contribution in [1.82, 2.24) is 20.5 Å². The Kier molecular flexibility index (Phi) is 15.4. The van der Waals surface area contributed by atoms with E-state index in [4.69, 9.17) is 0 Å². The summed E-state index contributed by atoms with van der Waals surface area (Å²) in [6.07, 6.45) is 7.34. The van der Waals surface area contributed by atoms with Crippen LogP contribution >= 0.6 is 35.3 Å². The Hall–Kier alpha value is -0.410. The zero-order valence-corrected chi connectivity index (χ0v) is 20.4. The molecule has 0 aliphatic rings. The summed E-state index contributed by atoms with van der Waals surface area (Å²) in [5, 5.41) is 7.95. The Bertz CT molecular complexity index is 483. The van der Waals surface area contributed by atoms with Gasteiger partial charge in [0.25, 0.3) is 0 Å². The quantitative estimate of drug-likeness (QED) is 0.199. The molecule has 0 atom stereocenters. The van der Waals surface area contributed by atoms with Crippen LogP contribution in [0, 0.1) is 13.8 Å². The van der Waals surface area contributed by atoms with Gasteiger partial charge in [-0.3, -0.25) is 4.99 Å². The third kappa shape index (κ3) is 12.1. The smallest absolute Gasteiger partial charge is 0.191 e. The molecule has 0 aliphatic carbocycles. The molecular weight excluding hydrogens is 457 g/mol. The van der Waals surface area contributed by atoms with Crippen LogP contribution < -0.4 is 10.6 Å². The van der Waals surface area contributed by atoms with E-state index in [9.17, 15) is 0 Å². The molecule has 0 spiro atoms. The lowest BCUT2D eigenvalue weighted by Crippen LogP contribution is -2.38. The Labute approximate surface area is 181 Å². The van der Waals surface area contributed by atoms with Crippen molar-refractivity contribution < 1.29 is 0 Å². The molecule has 0 unspecified atom stereocenters. The van der Waals surface area contributed by atoms with Crippen molar-refractivity contribution in [1.29, 1.82) is 0 Å². The molecule has 0 amide bonds. The van der Waals surface area contributed by atoms with Gasteiger partial charge in [-0.1, -0.05) is 19.3 Å². The number of aromatic nitrogens is 1. The number of aryl methyl sites for hydroxylation is 2. The summed E-state index contributed by atoms with van der Waals surface area (Å²) >= 11 is 1.80. The van der Waals surface area contributed by atoms with Gasteiger partial charge >= 0.3 is 0 Å². The Morgan fingerprint density at radius 1 is 1.08 bits per heavy atom. The van der Waals surface area contributed by atoms with Crippen molar-refractivity contribution in [2.24, 2.45) is 4.99 Å².